The number of aryl methyl sites for hydroxylation is 1. The molecule has 1 N–H and O–H groups in total. The molecule has 2 aromatic carbocycles. The molecule has 0 fully saturated rings. The van der Waals surface area contributed by atoms with Crippen LogP contribution in [0.15, 0.2) is 36.7 Å². The Hall–Kier alpha value is -2.84. The second-order valence-corrected chi connectivity index (χ2v) is 5.55. The van der Waals surface area contributed by atoms with Gasteiger partial charge in [-0.15, -0.1) is 6.42 Å². The van der Waals surface area contributed by atoms with Crippen LogP contribution in [0.2, 0.25) is 0 Å². The normalized spacial score (nSPS) is 12.1. The van der Waals surface area contributed by atoms with Gasteiger partial charge in [-0.1, -0.05) is 18.1 Å². The van der Waals surface area contributed by atoms with Gasteiger partial charge in [0.1, 0.15) is 17.7 Å². The number of hydrogen-bond donors (Lipinski definition) is 1. The Morgan fingerprint density at radius 2 is 2.00 bits per heavy atom. The SMILES string of the molecule is C#CC(O)Cc1cnc(-c2ccc3cc(C)cc(F)c3c2F)cn1. The lowest BCUT2D eigenvalue weighted by Gasteiger charge is -2.09. The average molecular weight is 324 g/mol. The summed E-state index contributed by atoms with van der Waals surface area (Å²) in [6.07, 6.45) is 7.13. The van der Waals surface area contributed by atoms with Crippen LogP contribution in [0.3, 0.4) is 0 Å². The third kappa shape index (κ3) is 2.97. The molecule has 0 saturated carbocycles. The molecule has 1 heterocycles. The Morgan fingerprint density at radius 1 is 1.21 bits per heavy atom. The Morgan fingerprint density at radius 3 is 2.67 bits per heavy atom. The number of aliphatic hydroxyl groups is 1. The molecule has 0 radical (unpaired) electrons. The van der Waals surface area contributed by atoms with Gasteiger partial charge in [0.2, 0.25) is 0 Å². The third-order valence-electron chi connectivity index (χ3n) is 3.73. The van der Waals surface area contributed by atoms with E-state index < -0.39 is 17.7 Å². The van der Waals surface area contributed by atoms with Crippen LogP contribution in [0, 0.1) is 30.9 Å². The molecule has 1 aromatic heterocycles. The average Bonchev–Trinajstić information content (AvgIpc) is 2.55. The summed E-state index contributed by atoms with van der Waals surface area (Å²) >= 11 is 0. The maximum atomic E-state index is 14.7. The van der Waals surface area contributed by atoms with Gasteiger partial charge in [-0.25, -0.2) is 8.78 Å². The summed E-state index contributed by atoms with van der Waals surface area (Å²) in [6, 6.07) is 6.23. The molecule has 24 heavy (non-hydrogen) atoms. The lowest BCUT2D eigenvalue weighted by atomic mass is 10.0. The van der Waals surface area contributed by atoms with Crippen LogP contribution in [0.25, 0.3) is 22.0 Å². The first-order valence-electron chi connectivity index (χ1n) is 7.33. The van der Waals surface area contributed by atoms with Crippen molar-refractivity contribution in [2.45, 2.75) is 19.4 Å². The molecule has 0 aliphatic carbocycles. The second-order valence-electron chi connectivity index (χ2n) is 5.55. The smallest absolute Gasteiger partial charge is 0.143 e. The van der Waals surface area contributed by atoms with Gasteiger partial charge in [-0.2, -0.15) is 0 Å². The fourth-order valence-corrected chi connectivity index (χ4v) is 2.57. The summed E-state index contributed by atoms with van der Waals surface area (Å²) in [5.41, 5.74) is 1.67. The molecule has 3 rings (SSSR count). The fourth-order valence-electron chi connectivity index (χ4n) is 2.57. The molecule has 1 atom stereocenters. The van der Waals surface area contributed by atoms with Crippen molar-refractivity contribution >= 4 is 10.8 Å². The molecule has 1 unspecified atom stereocenters. The van der Waals surface area contributed by atoms with E-state index in [1.807, 2.05) is 0 Å². The lowest BCUT2D eigenvalue weighted by Crippen LogP contribution is -2.08. The third-order valence-corrected chi connectivity index (χ3v) is 3.73. The zero-order valence-corrected chi connectivity index (χ0v) is 12.9. The number of fused-ring (bicyclic) bond motifs is 1. The predicted molar refractivity (Wildman–Crippen MR) is 88.2 cm³/mol. The van der Waals surface area contributed by atoms with Crippen LogP contribution in [-0.2, 0) is 6.42 Å². The summed E-state index contributed by atoms with van der Waals surface area (Å²) in [6.45, 7) is 1.75. The van der Waals surface area contributed by atoms with Gasteiger partial charge in [0.15, 0.2) is 0 Å². The van der Waals surface area contributed by atoms with E-state index in [1.165, 1.54) is 18.5 Å². The van der Waals surface area contributed by atoms with Crippen LogP contribution in [-0.4, -0.2) is 21.2 Å². The maximum Gasteiger partial charge on any atom is 0.143 e. The number of nitrogens with zero attached hydrogens (tertiary/aromatic N) is 2. The van der Waals surface area contributed by atoms with E-state index in [0.717, 1.165) is 5.56 Å². The minimum absolute atomic E-state index is 0.0632. The topological polar surface area (TPSA) is 46.0 Å². The molecule has 0 aliphatic heterocycles. The summed E-state index contributed by atoms with van der Waals surface area (Å²) < 4.78 is 28.9. The zero-order chi connectivity index (χ0) is 17.3. The quantitative estimate of drug-likeness (QED) is 0.751. The van der Waals surface area contributed by atoms with Gasteiger partial charge in [0, 0.05) is 18.2 Å². The summed E-state index contributed by atoms with van der Waals surface area (Å²) in [5, 5.41) is 9.84. The monoisotopic (exact) mass is 324 g/mol. The highest BCUT2D eigenvalue weighted by atomic mass is 19.1. The molecular formula is C19H14F2N2O. The Balaban J connectivity index is 2.04. The highest BCUT2D eigenvalue weighted by molar-refractivity contribution is 5.88. The van der Waals surface area contributed by atoms with Crippen molar-refractivity contribution in [2.24, 2.45) is 0 Å². The van der Waals surface area contributed by atoms with Crippen molar-refractivity contribution in [3.8, 4) is 23.6 Å². The van der Waals surface area contributed by atoms with Gasteiger partial charge in [-0.3, -0.25) is 9.97 Å². The van der Waals surface area contributed by atoms with Crippen LogP contribution < -0.4 is 0 Å². The minimum Gasteiger partial charge on any atom is -0.380 e. The first-order chi connectivity index (χ1) is 11.5. The van der Waals surface area contributed by atoms with Crippen molar-refractivity contribution in [1.29, 1.82) is 0 Å². The van der Waals surface area contributed by atoms with Crippen molar-refractivity contribution < 1.29 is 13.9 Å². The number of aromatic nitrogens is 2. The molecule has 0 aliphatic rings. The van der Waals surface area contributed by atoms with Crippen LogP contribution in [0.5, 0.6) is 0 Å². The Bertz CT molecular complexity index is 946. The van der Waals surface area contributed by atoms with Crippen molar-refractivity contribution in [3.63, 3.8) is 0 Å². The number of benzene rings is 2. The number of hydrogen-bond acceptors (Lipinski definition) is 3. The van der Waals surface area contributed by atoms with E-state index in [4.69, 9.17) is 6.42 Å². The molecule has 0 saturated heterocycles. The van der Waals surface area contributed by atoms with E-state index in [9.17, 15) is 13.9 Å². The number of terminal acetylenes is 1. The van der Waals surface area contributed by atoms with E-state index in [1.54, 1.807) is 25.1 Å². The Labute approximate surface area is 138 Å². The lowest BCUT2D eigenvalue weighted by molar-refractivity contribution is 0.232. The van der Waals surface area contributed by atoms with Crippen molar-refractivity contribution in [3.05, 3.63) is 59.6 Å². The highest BCUT2D eigenvalue weighted by Crippen LogP contribution is 2.30. The summed E-state index contributed by atoms with van der Waals surface area (Å²) in [7, 11) is 0. The van der Waals surface area contributed by atoms with E-state index in [-0.39, 0.29) is 23.1 Å². The van der Waals surface area contributed by atoms with E-state index >= 15 is 0 Å². The fraction of sp³-hybridized carbons (Fsp3) is 0.158. The molecule has 0 bridgehead atoms. The summed E-state index contributed by atoms with van der Waals surface area (Å²) in [4.78, 5) is 8.27. The van der Waals surface area contributed by atoms with Gasteiger partial charge in [0.05, 0.1) is 23.0 Å². The van der Waals surface area contributed by atoms with Crippen LogP contribution in [0.4, 0.5) is 8.78 Å². The van der Waals surface area contributed by atoms with Crippen LogP contribution in [0.1, 0.15) is 11.3 Å². The van der Waals surface area contributed by atoms with Crippen LogP contribution >= 0.6 is 0 Å². The zero-order valence-electron chi connectivity index (χ0n) is 12.9. The molecule has 3 nitrogen and oxygen atoms in total. The second kappa shape index (κ2) is 6.34. The highest BCUT2D eigenvalue weighted by Gasteiger charge is 2.15. The van der Waals surface area contributed by atoms with Gasteiger partial charge in [-0.05, 0) is 30.0 Å². The number of rotatable bonds is 3. The molecule has 5 heteroatoms. The molecule has 3 aromatic rings. The van der Waals surface area contributed by atoms with Gasteiger partial charge in [0.25, 0.3) is 0 Å². The van der Waals surface area contributed by atoms with E-state index in [0.29, 0.717) is 11.1 Å². The number of halogens is 2. The van der Waals surface area contributed by atoms with Gasteiger partial charge >= 0.3 is 0 Å². The van der Waals surface area contributed by atoms with Gasteiger partial charge < -0.3 is 5.11 Å². The standard InChI is InChI=1S/C19H14F2N2O/c1-3-14(24)8-13-9-23-17(10-22-13)15-5-4-12-6-11(2)7-16(20)18(12)19(15)21/h1,4-7,9-10,14,24H,8H2,2H3. The molecule has 120 valence electrons. The van der Waals surface area contributed by atoms with E-state index in [2.05, 4.69) is 15.9 Å². The summed E-state index contributed by atoms with van der Waals surface area (Å²) in [5.74, 6) is 0.910. The number of aliphatic hydroxyl groups excluding tert-OH is 1. The first kappa shape index (κ1) is 16.0. The predicted octanol–water partition coefficient (Wildman–Crippen LogP) is 3.42. The first-order valence-corrected chi connectivity index (χ1v) is 7.33. The minimum atomic E-state index is -0.945. The maximum absolute atomic E-state index is 14.7. The van der Waals surface area contributed by atoms with Crippen molar-refractivity contribution in [1.82, 2.24) is 9.97 Å². The molecular weight excluding hydrogens is 310 g/mol. The Kier molecular flexibility index (Phi) is 4.24. The molecule has 0 amide bonds. The largest absolute Gasteiger partial charge is 0.380 e. The molecule has 0 spiro atoms. The van der Waals surface area contributed by atoms with Crippen molar-refractivity contribution in [2.75, 3.05) is 0 Å².